The lowest BCUT2D eigenvalue weighted by Gasteiger charge is -2.33. The summed E-state index contributed by atoms with van der Waals surface area (Å²) in [4.78, 5) is 18.2. The Morgan fingerprint density at radius 2 is 2.11 bits per heavy atom. The van der Waals surface area contributed by atoms with Crippen LogP contribution in [0, 0.1) is 10.1 Å². The molecule has 1 unspecified atom stereocenters. The minimum absolute atomic E-state index is 0.197. The molecule has 2 rings (SSSR count). The number of aliphatic hydroxyl groups excluding tert-OH is 1. The monoisotopic (exact) mass is 269 g/mol. The predicted octanol–water partition coefficient (Wildman–Crippen LogP) is -0.600. The molecule has 106 valence electrons. The number of likely N-dealkylation sites (N-methyl/N-ethyl adjacent to an activating group) is 1. The number of rotatable bonds is 5. The van der Waals surface area contributed by atoms with E-state index in [1.54, 1.807) is 0 Å². The lowest BCUT2D eigenvalue weighted by Crippen LogP contribution is -2.47. The van der Waals surface area contributed by atoms with Gasteiger partial charge in [-0.1, -0.05) is 4.98 Å². The van der Waals surface area contributed by atoms with Crippen LogP contribution < -0.4 is 0 Å². The molecule has 19 heavy (non-hydrogen) atoms. The molecule has 1 atom stereocenters. The second-order valence-electron chi connectivity index (χ2n) is 4.89. The number of hydrogen-bond donors (Lipinski definition) is 1. The average molecular weight is 269 g/mol. The average Bonchev–Trinajstić information content (AvgIpc) is 2.80. The molecule has 8 heteroatoms. The van der Waals surface area contributed by atoms with Gasteiger partial charge < -0.3 is 20.1 Å². The molecule has 1 fully saturated rings. The highest BCUT2D eigenvalue weighted by molar-refractivity contribution is 5.06. The summed E-state index contributed by atoms with van der Waals surface area (Å²) in [6.07, 6.45) is 2.27. The lowest BCUT2D eigenvalue weighted by atomic mass is 10.2. The van der Waals surface area contributed by atoms with Gasteiger partial charge in [-0.15, -0.1) is 0 Å². The number of β-amino-alcohol motifs (C(OH)–C–C–N with tert-alkyl or cyclic N) is 1. The zero-order valence-corrected chi connectivity index (χ0v) is 11.0. The van der Waals surface area contributed by atoms with Gasteiger partial charge in [0.15, 0.2) is 0 Å². The van der Waals surface area contributed by atoms with Gasteiger partial charge in [-0.2, -0.15) is 0 Å². The Bertz CT molecular complexity index is 428. The molecule has 1 aromatic heterocycles. The maximum absolute atomic E-state index is 10.7. The lowest BCUT2D eigenvalue weighted by molar-refractivity contribution is -0.397. The first-order chi connectivity index (χ1) is 9.06. The fraction of sp³-hybridized carbons (Fsp3) is 0.727. The van der Waals surface area contributed by atoms with E-state index >= 15 is 0 Å². The first kappa shape index (κ1) is 13.9. The number of piperazine rings is 1. The van der Waals surface area contributed by atoms with E-state index in [4.69, 9.17) is 0 Å². The molecule has 2 heterocycles. The molecule has 1 N–H and O–H groups in total. The quantitative estimate of drug-likeness (QED) is 0.567. The minimum Gasteiger partial charge on any atom is -0.390 e. The van der Waals surface area contributed by atoms with E-state index in [2.05, 4.69) is 21.8 Å². The van der Waals surface area contributed by atoms with Crippen LogP contribution in [-0.2, 0) is 6.54 Å². The molecular weight excluding hydrogens is 250 g/mol. The van der Waals surface area contributed by atoms with E-state index in [9.17, 15) is 15.2 Å². The number of nitrogens with zero attached hydrogens (tertiary/aromatic N) is 5. The summed E-state index contributed by atoms with van der Waals surface area (Å²) < 4.78 is 1.38. The summed E-state index contributed by atoms with van der Waals surface area (Å²) in [5, 5.41) is 20.7. The number of nitro groups is 1. The summed E-state index contributed by atoms with van der Waals surface area (Å²) in [5.41, 5.74) is 0. The van der Waals surface area contributed by atoms with Crippen LogP contribution in [0.2, 0.25) is 0 Å². The van der Waals surface area contributed by atoms with Gasteiger partial charge in [0, 0.05) is 32.7 Å². The number of aliphatic hydroxyl groups is 1. The Morgan fingerprint density at radius 1 is 1.42 bits per heavy atom. The van der Waals surface area contributed by atoms with Crippen LogP contribution >= 0.6 is 0 Å². The van der Waals surface area contributed by atoms with Crippen molar-refractivity contribution in [2.75, 3.05) is 39.8 Å². The maximum atomic E-state index is 10.7. The fourth-order valence-corrected chi connectivity index (χ4v) is 2.23. The molecule has 0 aromatic carbocycles. The van der Waals surface area contributed by atoms with Crippen molar-refractivity contribution in [2.45, 2.75) is 12.6 Å². The highest BCUT2D eigenvalue weighted by atomic mass is 16.6. The molecule has 1 aliphatic heterocycles. The molecule has 0 saturated carbocycles. The number of hydrogen-bond acceptors (Lipinski definition) is 6. The van der Waals surface area contributed by atoms with Crippen LogP contribution in [0.5, 0.6) is 0 Å². The summed E-state index contributed by atoms with van der Waals surface area (Å²) in [5.74, 6) is -0.225. The van der Waals surface area contributed by atoms with Gasteiger partial charge in [-0.25, -0.2) is 4.57 Å². The van der Waals surface area contributed by atoms with Crippen LogP contribution in [-0.4, -0.2) is 75.3 Å². The minimum atomic E-state index is -0.628. The first-order valence-electron chi connectivity index (χ1n) is 6.30. The molecule has 0 bridgehead atoms. The molecule has 0 amide bonds. The van der Waals surface area contributed by atoms with E-state index in [0.29, 0.717) is 6.54 Å². The van der Waals surface area contributed by atoms with Crippen LogP contribution in [0.15, 0.2) is 12.4 Å². The third-order valence-electron chi connectivity index (χ3n) is 3.33. The van der Waals surface area contributed by atoms with Crippen molar-refractivity contribution in [1.82, 2.24) is 19.4 Å². The van der Waals surface area contributed by atoms with Gasteiger partial charge in [-0.05, 0) is 12.0 Å². The van der Waals surface area contributed by atoms with Crippen molar-refractivity contribution in [3.05, 3.63) is 22.5 Å². The Labute approximate surface area is 111 Å². The van der Waals surface area contributed by atoms with E-state index in [1.807, 2.05) is 0 Å². The standard InChI is InChI=1S/C11H19N5O3/c1-13-4-6-14(7-5-13)8-10(17)9-15-3-2-12-11(15)16(18)19/h2-3,10,17H,4-9H2,1H3. The molecule has 1 aliphatic rings. The smallest absolute Gasteiger partial charge is 0.390 e. The molecule has 1 aromatic rings. The molecule has 0 aliphatic carbocycles. The first-order valence-corrected chi connectivity index (χ1v) is 6.30. The van der Waals surface area contributed by atoms with Crippen LogP contribution in [0.1, 0.15) is 0 Å². The van der Waals surface area contributed by atoms with E-state index < -0.39 is 11.0 Å². The van der Waals surface area contributed by atoms with Crippen LogP contribution in [0.3, 0.4) is 0 Å². The second kappa shape index (κ2) is 6.09. The molecule has 0 spiro atoms. The third kappa shape index (κ3) is 3.72. The van der Waals surface area contributed by atoms with Crippen molar-refractivity contribution in [3.8, 4) is 0 Å². The van der Waals surface area contributed by atoms with Gasteiger partial charge in [0.2, 0.25) is 0 Å². The summed E-state index contributed by atoms with van der Waals surface area (Å²) in [6.45, 7) is 4.53. The van der Waals surface area contributed by atoms with E-state index in [-0.39, 0.29) is 12.5 Å². The maximum Gasteiger partial charge on any atom is 0.434 e. The van der Waals surface area contributed by atoms with E-state index in [0.717, 1.165) is 26.2 Å². The van der Waals surface area contributed by atoms with Crippen molar-refractivity contribution in [2.24, 2.45) is 0 Å². The summed E-state index contributed by atoms with van der Waals surface area (Å²) in [7, 11) is 2.07. The Balaban J connectivity index is 1.85. The van der Waals surface area contributed by atoms with Gasteiger partial charge in [0.25, 0.3) is 0 Å². The molecule has 0 radical (unpaired) electrons. The van der Waals surface area contributed by atoms with Crippen LogP contribution in [0.25, 0.3) is 0 Å². The topological polar surface area (TPSA) is 87.7 Å². The van der Waals surface area contributed by atoms with Gasteiger partial charge in [-0.3, -0.25) is 4.90 Å². The van der Waals surface area contributed by atoms with E-state index in [1.165, 1.54) is 17.0 Å². The predicted molar refractivity (Wildman–Crippen MR) is 68.8 cm³/mol. The molecule has 8 nitrogen and oxygen atoms in total. The number of imidazole rings is 1. The zero-order valence-electron chi connectivity index (χ0n) is 11.0. The van der Waals surface area contributed by atoms with Gasteiger partial charge in [0.1, 0.15) is 12.4 Å². The van der Waals surface area contributed by atoms with Crippen molar-refractivity contribution in [1.29, 1.82) is 0 Å². The zero-order chi connectivity index (χ0) is 13.8. The van der Waals surface area contributed by atoms with Gasteiger partial charge in [0.05, 0.1) is 12.6 Å². The summed E-state index contributed by atoms with van der Waals surface area (Å²) in [6, 6.07) is 0. The fourth-order valence-electron chi connectivity index (χ4n) is 2.23. The number of aromatic nitrogens is 2. The largest absolute Gasteiger partial charge is 0.434 e. The van der Waals surface area contributed by atoms with Gasteiger partial charge >= 0.3 is 5.95 Å². The normalized spacial score (nSPS) is 19.5. The third-order valence-corrected chi connectivity index (χ3v) is 3.33. The molecule has 1 saturated heterocycles. The summed E-state index contributed by atoms with van der Waals surface area (Å²) >= 11 is 0. The van der Waals surface area contributed by atoms with Crippen molar-refractivity contribution < 1.29 is 10.0 Å². The molecular formula is C11H19N5O3. The van der Waals surface area contributed by atoms with Crippen LogP contribution in [0.4, 0.5) is 5.95 Å². The Morgan fingerprint density at radius 3 is 2.74 bits per heavy atom. The second-order valence-corrected chi connectivity index (χ2v) is 4.89. The highest BCUT2D eigenvalue weighted by Gasteiger charge is 2.21. The Kier molecular flexibility index (Phi) is 4.46. The Hall–Kier alpha value is -1.51. The SMILES string of the molecule is CN1CCN(CC(O)Cn2ccnc2[N+](=O)[O-])CC1. The van der Waals surface area contributed by atoms with Crippen molar-refractivity contribution >= 4 is 5.95 Å². The van der Waals surface area contributed by atoms with Crippen molar-refractivity contribution in [3.63, 3.8) is 0 Å². The highest BCUT2D eigenvalue weighted by Crippen LogP contribution is 2.09.